The van der Waals surface area contributed by atoms with E-state index < -0.39 is 0 Å². The highest BCUT2D eigenvalue weighted by Crippen LogP contribution is 2.29. The minimum Gasteiger partial charge on any atom is -0.497 e. The average Bonchev–Trinajstić information content (AvgIpc) is 3.28. The summed E-state index contributed by atoms with van der Waals surface area (Å²) >= 11 is 0. The molecule has 2 aromatic carbocycles. The number of ether oxygens (including phenoxy) is 1. The molecule has 0 radical (unpaired) electrons. The molecule has 1 amide bonds. The third-order valence-corrected chi connectivity index (χ3v) is 5.57. The van der Waals surface area contributed by atoms with Crippen LogP contribution in [0, 0.1) is 5.82 Å². The molecule has 142 valence electrons. The summed E-state index contributed by atoms with van der Waals surface area (Å²) in [6.45, 7) is 1.45. The number of carbonyl (C=O) groups excluding carboxylic acids is 1. The van der Waals surface area contributed by atoms with Gasteiger partial charge in [-0.2, -0.15) is 0 Å². The van der Waals surface area contributed by atoms with E-state index in [4.69, 9.17) is 4.74 Å². The molecule has 0 atom stereocenters. The fourth-order valence-electron chi connectivity index (χ4n) is 4.09. The van der Waals surface area contributed by atoms with Crippen molar-refractivity contribution in [2.75, 3.05) is 13.7 Å². The molecule has 5 rings (SSSR count). The van der Waals surface area contributed by atoms with E-state index in [0.717, 1.165) is 45.2 Å². The van der Waals surface area contributed by atoms with E-state index in [1.54, 1.807) is 19.2 Å². The second-order valence-corrected chi connectivity index (χ2v) is 7.21. The van der Waals surface area contributed by atoms with Crippen LogP contribution in [0.1, 0.15) is 11.3 Å². The van der Waals surface area contributed by atoms with Crippen molar-refractivity contribution in [1.29, 1.82) is 0 Å². The maximum atomic E-state index is 13.7. The fraction of sp³-hybridized carbons (Fsp3) is 0.227. The highest BCUT2D eigenvalue weighted by atomic mass is 19.1. The molecule has 0 saturated carbocycles. The van der Waals surface area contributed by atoms with Gasteiger partial charge in [0.25, 0.3) is 0 Å². The second-order valence-electron chi connectivity index (χ2n) is 7.21. The van der Waals surface area contributed by atoms with Crippen LogP contribution < -0.4 is 4.74 Å². The number of hydrogen-bond acceptors (Lipinski definition) is 2. The highest BCUT2D eigenvalue weighted by molar-refractivity contribution is 5.87. The summed E-state index contributed by atoms with van der Waals surface area (Å²) in [4.78, 5) is 18.2. The first-order valence-electron chi connectivity index (χ1n) is 9.32. The lowest BCUT2D eigenvalue weighted by Gasteiger charge is -2.27. The first-order valence-corrected chi connectivity index (χ1v) is 9.32. The number of aromatic nitrogens is 2. The molecule has 0 spiro atoms. The van der Waals surface area contributed by atoms with Crippen LogP contribution >= 0.6 is 0 Å². The Labute approximate surface area is 161 Å². The number of amides is 1. The quantitative estimate of drug-likeness (QED) is 0.590. The van der Waals surface area contributed by atoms with Crippen molar-refractivity contribution in [3.63, 3.8) is 0 Å². The Hall–Kier alpha value is -3.28. The van der Waals surface area contributed by atoms with Crippen molar-refractivity contribution in [1.82, 2.24) is 14.5 Å². The summed E-state index contributed by atoms with van der Waals surface area (Å²) in [5.74, 6) is 0.600. The van der Waals surface area contributed by atoms with Crippen LogP contribution in [0.4, 0.5) is 4.39 Å². The maximum absolute atomic E-state index is 13.7. The number of hydrogen-bond donors (Lipinski definition) is 1. The molecular formula is C22H20FN3O2. The van der Waals surface area contributed by atoms with E-state index in [0.29, 0.717) is 13.1 Å². The third kappa shape index (κ3) is 2.72. The van der Waals surface area contributed by atoms with E-state index in [1.165, 1.54) is 6.07 Å². The van der Waals surface area contributed by atoms with Crippen LogP contribution in [0.15, 0.2) is 48.7 Å². The predicted octanol–water partition coefficient (Wildman–Crippen LogP) is 3.86. The first kappa shape index (κ1) is 16.9. The summed E-state index contributed by atoms with van der Waals surface area (Å²) in [5, 5.41) is 1.91. The molecular weight excluding hydrogens is 357 g/mol. The number of methoxy groups -OCH3 is 1. The Morgan fingerprint density at radius 3 is 2.96 bits per heavy atom. The topological polar surface area (TPSA) is 50.3 Å². The number of halogens is 1. The summed E-state index contributed by atoms with van der Waals surface area (Å²) < 4.78 is 20.9. The van der Waals surface area contributed by atoms with Gasteiger partial charge in [0.2, 0.25) is 5.91 Å². The maximum Gasteiger partial charge on any atom is 0.242 e. The van der Waals surface area contributed by atoms with E-state index >= 15 is 0 Å². The summed E-state index contributed by atoms with van der Waals surface area (Å²) in [5.41, 5.74) is 4.05. The minimum atomic E-state index is -0.257. The molecule has 6 heteroatoms. The molecule has 2 aromatic heterocycles. The molecule has 1 aliphatic rings. The fourth-order valence-corrected chi connectivity index (χ4v) is 4.09. The smallest absolute Gasteiger partial charge is 0.242 e. The molecule has 0 aliphatic carbocycles. The molecule has 0 unspecified atom stereocenters. The normalized spacial score (nSPS) is 13.9. The molecule has 0 saturated heterocycles. The lowest BCUT2D eigenvalue weighted by molar-refractivity contribution is -0.132. The van der Waals surface area contributed by atoms with Crippen molar-refractivity contribution in [2.24, 2.45) is 0 Å². The van der Waals surface area contributed by atoms with Crippen molar-refractivity contribution in [3.8, 4) is 5.75 Å². The molecule has 0 bridgehead atoms. The van der Waals surface area contributed by atoms with Gasteiger partial charge in [-0.3, -0.25) is 4.79 Å². The number of H-pyrrole nitrogens is 1. The van der Waals surface area contributed by atoms with Crippen molar-refractivity contribution in [3.05, 3.63) is 65.7 Å². The average molecular weight is 377 g/mol. The predicted molar refractivity (Wildman–Crippen MR) is 106 cm³/mol. The van der Waals surface area contributed by atoms with Crippen LogP contribution in [-0.4, -0.2) is 34.0 Å². The van der Waals surface area contributed by atoms with Crippen molar-refractivity contribution < 1.29 is 13.9 Å². The van der Waals surface area contributed by atoms with Crippen LogP contribution in [0.2, 0.25) is 0 Å². The molecule has 28 heavy (non-hydrogen) atoms. The number of rotatable bonds is 3. The monoisotopic (exact) mass is 377 g/mol. The Balaban J connectivity index is 1.40. The number of aromatic amines is 1. The number of carbonyl (C=O) groups is 1. The van der Waals surface area contributed by atoms with Crippen molar-refractivity contribution >= 4 is 27.7 Å². The summed E-state index contributed by atoms with van der Waals surface area (Å²) in [7, 11) is 1.64. The van der Waals surface area contributed by atoms with Crippen molar-refractivity contribution in [2.45, 2.75) is 19.5 Å². The van der Waals surface area contributed by atoms with Gasteiger partial charge in [-0.1, -0.05) is 0 Å². The zero-order valence-electron chi connectivity index (χ0n) is 15.5. The molecule has 3 heterocycles. The number of nitrogens with zero attached hydrogens (tertiary/aromatic N) is 2. The Kier molecular flexibility index (Phi) is 3.86. The van der Waals surface area contributed by atoms with Gasteiger partial charge >= 0.3 is 0 Å². The molecule has 4 aromatic rings. The molecule has 5 nitrogen and oxygen atoms in total. The van der Waals surface area contributed by atoms with Gasteiger partial charge in [-0.15, -0.1) is 0 Å². The summed E-state index contributed by atoms with van der Waals surface area (Å²) in [6.07, 6.45) is 2.68. The second kappa shape index (κ2) is 6.41. The van der Waals surface area contributed by atoms with Gasteiger partial charge in [0.15, 0.2) is 0 Å². The molecule has 0 fully saturated rings. The number of fused-ring (bicyclic) bond motifs is 4. The molecule has 1 N–H and O–H groups in total. The number of benzene rings is 2. The molecule has 1 aliphatic heterocycles. The minimum absolute atomic E-state index is 0.0599. The first-order chi connectivity index (χ1) is 13.6. The van der Waals surface area contributed by atoms with Crippen LogP contribution in [0.3, 0.4) is 0 Å². The van der Waals surface area contributed by atoms with Gasteiger partial charge in [0, 0.05) is 58.8 Å². The van der Waals surface area contributed by atoms with Gasteiger partial charge in [0.1, 0.15) is 18.1 Å². The number of nitrogens with one attached hydrogen (secondary N) is 1. The largest absolute Gasteiger partial charge is 0.497 e. The van der Waals surface area contributed by atoms with Gasteiger partial charge in [0.05, 0.1) is 7.11 Å². The van der Waals surface area contributed by atoms with E-state index in [2.05, 4.69) is 4.98 Å². The standard InChI is InChI=1S/C22H20FN3O2/c1-28-16-3-5-21-14(10-16)6-8-25(21)13-22(27)26-9-7-20-18(12-26)17-11-15(23)2-4-19(17)24-20/h2-6,8,10-11,24H,7,9,12-13H2,1H3. The third-order valence-electron chi connectivity index (χ3n) is 5.57. The van der Waals surface area contributed by atoms with E-state index in [9.17, 15) is 9.18 Å². The SMILES string of the molecule is COc1ccc2c(ccn2CC(=O)N2CCc3[nH]c4ccc(F)cc4c3C2)c1. The Morgan fingerprint density at radius 1 is 1.21 bits per heavy atom. The lowest BCUT2D eigenvalue weighted by Crippen LogP contribution is -2.37. The highest BCUT2D eigenvalue weighted by Gasteiger charge is 2.24. The van der Waals surface area contributed by atoms with Crippen LogP contribution in [-0.2, 0) is 24.3 Å². The van der Waals surface area contributed by atoms with E-state index in [1.807, 2.05) is 39.9 Å². The van der Waals surface area contributed by atoms with E-state index in [-0.39, 0.29) is 18.3 Å². The zero-order chi connectivity index (χ0) is 19.3. The van der Waals surface area contributed by atoms with Gasteiger partial charge in [-0.25, -0.2) is 4.39 Å². The Bertz CT molecular complexity index is 1210. The van der Waals surface area contributed by atoms with Crippen LogP contribution in [0.25, 0.3) is 21.8 Å². The zero-order valence-corrected chi connectivity index (χ0v) is 15.5. The van der Waals surface area contributed by atoms with Crippen LogP contribution in [0.5, 0.6) is 5.75 Å². The Morgan fingerprint density at radius 2 is 2.11 bits per heavy atom. The summed E-state index contributed by atoms with van der Waals surface area (Å²) in [6, 6.07) is 12.6. The van der Waals surface area contributed by atoms with Gasteiger partial charge < -0.3 is 19.2 Å². The lowest BCUT2D eigenvalue weighted by atomic mass is 10.0. The van der Waals surface area contributed by atoms with Gasteiger partial charge in [-0.05, 0) is 42.5 Å².